The molecule has 0 amide bonds. The molecule has 0 radical (unpaired) electrons. The van der Waals surface area contributed by atoms with E-state index in [4.69, 9.17) is 9.71 Å². The third-order valence-electron chi connectivity index (χ3n) is 3.98. The second kappa shape index (κ2) is 7.28. The van der Waals surface area contributed by atoms with Crippen LogP contribution >= 0.6 is 0 Å². The average Bonchev–Trinajstić information content (AvgIpc) is 2.66. The van der Waals surface area contributed by atoms with Crippen LogP contribution in [0.2, 0.25) is 0 Å². The number of aliphatic hydroxyl groups is 1. The van der Waals surface area contributed by atoms with E-state index in [1.54, 1.807) is 12.1 Å². The largest absolute Gasteiger partial charge is 0.508 e. The standard InChI is InChI=1S/C18H14N2O7S/c1-26-18(23)10-6-11(21)8-12(7-10)27-28(24,25)16-9-15(20-19)17(22)14-5-3-2-4-13(14)16/h2-9,17,21-22H,1H3. The summed E-state index contributed by atoms with van der Waals surface area (Å²) in [5.41, 5.74) is 9.06. The van der Waals surface area contributed by atoms with E-state index in [9.17, 15) is 23.4 Å². The number of ether oxygens (including phenoxy) is 1. The van der Waals surface area contributed by atoms with Gasteiger partial charge in [0.1, 0.15) is 16.4 Å². The summed E-state index contributed by atoms with van der Waals surface area (Å²) < 4.78 is 35.3. The first-order valence-electron chi connectivity index (χ1n) is 7.84. The number of rotatable bonds is 4. The molecule has 0 aliphatic heterocycles. The third kappa shape index (κ3) is 3.52. The lowest BCUT2D eigenvalue weighted by atomic mass is 9.93. The van der Waals surface area contributed by atoms with Crippen LogP contribution in [0, 0.1) is 0 Å². The van der Waals surface area contributed by atoms with E-state index in [0.29, 0.717) is 0 Å². The fourth-order valence-electron chi connectivity index (χ4n) is 2.74. The molecule has 0 bridgehead atoms. The Balaban J connectivity index is 2.08. The molecule has 0 heterocycles. The zero-order valence-electron chi connectivity index (χ0n) is 14.4. The van der Waals surface area contributed by atoms with E-state index in [1.807, 2.05) is 0 Å². The maximum Gasteiger partial charge on any atom is 0.340 e. The molecule has 0 aromatic heterocycles. The van der Waals surface area contributed by atoms with Crippen molar-refractivity contribution in [2.24, 2.45) is 0 Å². The molecule has 0 spiro atoms. The molecule has 1 aliphatic rings. The quantitative estimate of drug-likeness (QED) is 0.342. The highest BCUT2D eigenvalue weighted by atomic mass is 32.2. The number of hydrogen-bond donors (Lipinski definition) is 2. The first-order valence-corrected chi connectivity index (χ1v) is 9.25. The highest BCUT2D eigenvalue weighted by molar-refractivity contribution is 7.96. The van der Waals surface area contributed by atoms with Gasteiger partial charge in [-0.15, -0.1) is 0 Å². The summed E-state index contributed by atoms with van der Waals surface area (Å²) in [5, 5.41) is 19.9. The maximum atomic E-state index is 12.8. The van der Waals surface area contributed by atoms with E-state index in [-0.39, 0.29) is 33.1 Å². The fraction of sp³-hybridized carbons (Fsp3) is 0.111. The number of hydrogen-bond acceptors (Lipinski definition) is 7. The van der Waals surface area contributed by atoms with Crippen LogP contribution in [-0.2, 0) is 14.9 Å². The van der Waals surface area contributed by atoms with Gasteiger partial charge in [0.15, 0.2) is 6.10 Å². The predicted octanol–water partition coefficient (Wildman–Crippen LogP) is 1.65. The minimum absolute atomic E-state index is 0.112. The lowest BCUT2D eigenvalue weighted by molar-refractivity contribution is -0.0188. The van der Waals surface area contributed by atoms with Crippen molar-refractivity contribution >= 4 is 26.7 Å². The summed E-state index contributed by atoms with van der Waals surface area (Å²) in [7, 11) is -3.35. The van der Waals surface area contributed by atoms with Gasteiger partial charge < -0.3 is 24.7 Å². The van der Waals surface area contributed by atoms with Gasteiger partial charge in [-0.1, -0.05) is 24.3 Å². The van der Waals surface area contributed by atoms with Gasteiger partial charge in [-0.25, -0.2) is 4.79 Å². The van der Waals surface area contributed by atoms with Crippen molar-refractivity contribution in [3.63, 3.8) is 0 Å². The Hall–Kier alpha value is -3.46. The normalized spacial score (nSPS) is 15.9. The molecule has 1 atom stereocenters. The number of methoxy groups -OCH3 is 1. The average molecular weight is 402 g/mol. The first kappa shape index (κ1) is 19.3. The number of carbonyl (C=O) groups is 1. The minimum Gasteiger partial charge on any atom is -0.508 e. The van der Waals surface area contributed by atoms with Gasteiger partial charge in [-0.3, -0.25) is 0 Å². The Labute approximate surface area is 159 Å². The van der Waals surface area contributed by atoms with Crippen LogP contribution < -0.4 is 4.18 Å². The molecule has 1 unspecified atom stereocenters. The summed E-state index contributed by atoms with van der Waals surface area (Å²) in [6, 6.07) is 9.29. The topological polar surface area (TPSA) is 147 Å². The van der Waals surface area contributed by atoms with E-state index in [2.05, 4.69) is 9.53 Å². The van der Waals surface area contributed by atoms with Crippen molar-refractivity contribution in [1.82, 2.24) is 0 Å². The van der Waals surface area contributed by atoms with Gasteiger partial charge in [-0.05, 0) is 12.1 Å². The molecule has 0 fully saturated rings. The Morgan fingerprint density at radius 3 is 2.61 bits per heavy atom. The molecule has 9 nitrogen and oxygen atoms in total. The molecule has 2 N–H and O–H groups in total. The Bertz CT molecular complexity index is 1150. The number of nitrogens with zero attached hydrogens (tertiary/aromatic N) is 2. The van der Waals surface area contributed by atoms with Crippen LogP contribution in [0.4, 0.5) is 0 Å². The van der Waals surface area contributed by atoms with Gasteiger partial charge in [0, 0.05) is 23.3 Å². The minimum atomic E-state index is -4.49. The molecule has 0 saturated carbocycles. The fourth-order valence-corrected chi connectivity index (χ4v) is 3.90. The monoisotopic (exact) mass is 402 g/mol. The van der Waals surface area contributed by atoms with Crippen molar-refractivity contribution < 1.29 is 37.1 Å². The van der Waals surface area contributed by atoms with E-state index in [1.165, 1.54) is 12.1 Å². The molecule has 1 aliphatic carbocycles. The number of aliphatic hydroxyl groups excluding tert-OH is 1. The van der Waals surface area contributed by atoms with Crippen LogP contribution in [0.25, 0.3) is 10.4 Å². The molecular formula is C18H14N2O7S. The van der Waals surface area contributed by atoms with E-state index < -0.39 is 27.9 Å². The van der Waals surface area contributed by atoms with Crippen molar-refractivity contribution in [3.05, 3.63) is 70.8 Å². The summed E-state index contributed by atoms with van der Waals surface area (Å²) >= 11 is 0. The number of phenols is 1. The number of aromatic hydroxyl groups is 1. The van der Waals surface area contributed by atoms with Gasteiger partial charge in [0.25, 0.3) is 0 Å². The van der Waals surface area contributed by atoms with Crippen LogP contribution in [0.3, 0.4) is 0 Å². The van der Waals surface area contributed by atoms with Crippen LogP contribution in [0.5, 0.6) is 11.5 Å². The van der Waals surface area contributed by atoms with Crippen molar-refractivity contribution in [2.75, 3.05) is 7.11 Å². The Kier molecular flexibility index (Phi) is 5.02. The second-order valence-corrected chi connectivity index (χ2v) is 7.28. The maximum absolute atomic E-state index is 12.8. The highest BCUT2D eigenvalue weighted by Crippen LogP contribution is 2.35. The number of phenolic OH excluding ortho intramolecular Hbond substituents is 1. The lowest BCUT2D eigenvalue weighted by Crippen LogP contribution is -2.22. The summed E-state index contributed by atoms with van der Waals surface area (Å²) in [4.78, 5) is 14.2. The van der Waals surface area contributed by atoms with Crippen molar-refractivity contribution in [1.29, 1.82) is 0 Å². The smallest absolute Gasteiger partial charge is 0.340 e. The Morgan fingerprint density at radius 1 is 1.21 bits per heavy atom. The molecule has 144 valence electrons. The zero-order valence-corrected chi connectivity index (χ0v) is 15.3. The van der Waals surface area contributed by atoms with Gasteiger partial charge in [0.2, 0.25) is 0 Å². The second-order valence-electron chi connectivity index (χ2n) is 5.77. The number of fused-ring (bicyclic) bond motifs is 1. The van der Waals surface area contributed by atoms with Crippen LogP contribution in [0.15, 0.2) is 48.5 Å². The lowest BCUT2D eigenvalue weighted by Gasteiger charge is -2.19. The first-order chi connectivity index (χ1) is 13.3. The van der Waals surface area contributed by atoms with Crippen LogP contribution in [0.1, 0.15) is 27.6 Å². The molecule has 2 aromatic rings. The van der Waals surface area contributed by atoms with Gasteiger partial charge in [0.05, 0.1) is 12.7 Å². The van der Waals surface area contributed by atoms with Gasteiger partial charge in [-0.2, -0.15) is 13.2 Å². The molecule has 10 heteroatoms. The van der Waals surface area contributed by atoms with E-state index in [0.717, 1.165) is 31.4 Å². The summed E-state index contributed by atoms with van der Waals surface area (Å²) in [6.45, 7) is 0. The van der Waals surface area contributed by atoms with Crippen molar-refractivity contribution in [3.8, 4) is 11.5 Å². The molecule has 28 heavy (non-hydrogen) atoms. The van der Waals surface area contributed by atoms with Crippen LogP contribution in [-0.4, -0.2) is 42.2 Å². The predicted molar refractivity (Wildman–Crippen MR) is 97.0 cm³/mol. The van der Waals surface area contributed by atoms with Gasteiger partial charge >= 0.3 is 21.8 Å². The Morgan fingerprint density at radius 2 is 1.93 bits per heavy atom. The summed E-state index contributed by atoms with van der Waals surface area (Å²) in [6.07, 6.45) is -0.335. The molecule has 2 aromatic carbocycles. The molecule has 3 rings (SSSR count). The highest BCUT2D eigenvalue weighted by Gasteiger charge is 2.36. The molecular weight excluding hydrogens is 388 g/mol. The van der Waals surface area contributed by atoms with E-state index >= 15 is 0 Å². The number of benzene rings is 2. The van der Waals surface area contributed by atoms with Crippen molar-refractivity contribution in [2.45, 2.75) is 6.10 Å². The number of carbonyl (C=O) groups excluding carboxylic acids is 1. The zero-order chi connectivity index (χ0) is 20.5. The molecule has 0 saturated heterocycles. The third-order valence-corrected chi connectivity index (χ3v) is 5.27. The number of esters is 1. The summed E-state index contributed by atoms with van der Waals surface area (Å²) in [5.74, 6) is -1.52. The SMILES string of the molecule is COC(=O)c1cc(O)cc(OS(=O)(=O)C2=CC(=[N+]=[N-])C(O)c3ccccc32)c1.